The first kappa shape index (κ1) is 73.6. The van der Waals surface area contributed by atoms with Crippen molar-refractivity contribution in [3.8, 4) is 16.8 Å². The zero-order valence-electron chi connectivity index (χ0n) is 58.0. The third kappa shape index (κ3) is 17.6. The first-order chi connectivity index (χ1) is 48.8. The van der Waals surface area contributed by atoms with Crippen molar-refractivity contribution in [2.75, 3.05) is 54.9 Å². The number of benzene rings is 2. The van der Waals surface area contributed by atoms with Crippen LogP contribution in [0.25, 0.3) is 21.5 Å². The number of carbonyl (C=O) groups excluding carboxylic acids is 8. The molecule has 6 aliphatic rings. The van der Waals surface area contributed by atoms with Crippen LogP contribution in [0.4, 0.5) is 26.2 Å². The number of urea groups is 1. The average Bonchev–Trinajstić information content (AvgIpc) is 0.972. The number of fused-ring (bicyclic) bond motifs is 2. The normalized spacial score (nSPS) is 20.7. The molecular weight excluding hydrogens is 1340 g/mol. The van der Waals surface area contributed by atoms with Crippen LogP contribution in [-0.2, 0) is 64.1 Å². The van der Waals surface area contributed by atoms with Gasteiger partial charge in [-0.25, -0.2) is 19.6 Å². The number of hydrogen-bond donors (Lipinski definition) is 7. The second-order valence-electron chi connectivity index (χ2n) is 28.8. The van der Waals surface area contributed by atoms with Crippen molar-refractivity contribution in [1.82, 2.24) is 50.5 Å². The zero-order chi connectivity index (χ0) is 72.5. The van der Waals surface area contributed by atoms with Gasteiger partial charge in [-0.15, -0.1) is 0 Å². The predicted octanol–water partition coefficient (Wildman–Crippen LogP) is 9.69. The molecule has 4 atom stereocenters. The van der Waals surface area contributed by atoms with Gasteiger partial charge in [0.25, 0.3) is 17.7 Å². The zero-order valence-corrected chi connectivity index (χ0v) is 59.7. The minimum atomic E-state index is -1.17. The molecule has 4 aromatic heterocycles. The number of pyridine rings is 2. The number of nitrogens with one attached hydrogen (secondary N) is 5. The fourth-order valence-corrected chi connectivity index (χ4v) is 17.6. The molecule has 0 radical (unpaired) electrons. The van der Waals surface area contributed by atoms with Gasteiger partial charge in [0.15, 0.2) is 16.5 Å². The number of imide groups is 1. The van der Waals surface area contributed by atoms with E-state index in [1.807, 2.05) is 46.8 Å². The minimum absolute atomic E-state index is 0.0452. The van der Waals surface area contributed by atoms with E-state index in [2.05, 4.69) is 56.0 Å². The number of aromatic nitrogens is 5. The molecule has 2 aliphatic heterocycles. The van der Waals surface area contributed by atoms with Crippen molar-refractivity contribution in [2.45, 2.75) is 162 Å². The maximum absolute atomic E-state index is 14.0. The molecular formula is C73H87N14O13PS. The Bertz CT molecular complexity index is 4300. The van der Waals surface area contributed by atoms with Crippen LogP contribution in [0.5, 0.6) is 0 Å². The molecule has 0 spiro atoms. The summed E-state index contributed by atoms with van der Waals surface area (Å²) in [6.45, 7) is 12.5. The third-order valence-electron chi connectivity index (χ3n) is 20.1. The summed E-state index contributed by atoms with van der Waals surface area (Å²) in [4.78, 5) is 135. The number of primary amides is 1. The van der Waals surface area contributed by atoms with Gasteiger partial charge in [0.05, 0.1) is 10.9 Å². The molecule has 4 bridgehead atoms. The van der Waals surface area contributed by atoms with Crippen molar-refractivity contribution in [1.29, 1.82) is 0 Å². The van der Waals surface area contributed by atoms with Gasteiger partial charge in [0, 0.05) is 73.3 Å². The summed E-state index contributed by atoms with van der Waals surface area (Å²) in [6.07, 6.45) is 13.5. The summed E-state index contributed by atoms with van der Waals surface area (Å²) < 4.78 is 27.3. The average molecular weight is 1430 g/mol. The number of carboxylic acids is 1. The molecule has 12 rings (SSSR count). The standard InChI is InChI=1S/C73H87N14O13PS/c1-45(2)60(81-57(88)17-7-6-8-30-86-58(89)24-25-59(86)90)65(93)79-54(15-10-28-76-67(74)96)64(92)78-49-20-18-47(19-21-49)37-99-69(97)84(29-12-34-101-98)32-33-100-73-41-70(4)38-71(5,42-73)40-72(39-70,43-73)44-87-46(3)52(35-77-87)50-22-23-56(80-61(50)66(94)95)85-31-26-48-13-9-14-51(53(48)36-85)63(91)83-68-82-62-55(102-68)16-11-27-75-62/h9,11,13-14,16,18-25,27,35,45,54,60H,6-8,10,12,15,17,26,28-33,36-44H2,1-5H3,(H,78,92)(H,79,93)(H,81,88)(H,94,95)(H3,74,76,96)(H,75,82,83,91)/t54-,60-,70?,71?,72?,73?/m0/s1. The maximum atomic E-state index is 14.0. The van der Waals surface area contributed by atoms with Crippen LogP contribution < -0.4 is 37.2 Å². The molecule has 0 saturated heterocycles. The Balaban J connectivity index is 0.691. The molecule has 9 amide bonds. The summed E-state index contributed by atoms with van der Waals surface area (Å²) in [5, 5.41) is 30.0. The number of hydrogen-bond acceptors (Lipinski definition) is 18. The molecule has 4 fully saturated rings. The van der Waals surface area contributed by atoms with Gasteiger partial charge >= 0.3 is 214 Å². The number of aromatic carboxylic acids is 1. The number of amides is 9. The van der Waals surface area contributed by atoms with Gasteiger partial charge < -0.3 is 31.7 Å². The summed E-state index contributed by atoms with van der Waals surface area (Å²) in [6, 6.07) is 16.8. The number of carbonyl (C=O) groups is 9. The number of rotatable bonds is 31. The van der Waals surface area contributed by atoms with Crippen LogP contribution in [0.1, 0.15) is 154 Å². The number of nitrogens with zero attached hydrogens (tertiary/aromatic N) is 8. The van der Waals surface area contributed by atoms with E-state index in [-0.39, 0.29) is 124 Å². The summed E-state index contributed by atoms with van der Waals surface area (Å²) in [5.41, 5.74) is 12.9. The second kappa shape index (κ2) is 31.7. The van der Waals surface area contributed by atoms with Gasteiger partial charge in [-0.05, 0) is 86.4 Å². The van der Waals surface area contributed by atoms with Crippen LogP contribution in [0, 0.1) is 34.7 Å². The Morgan fingerprint density at radius 1 is 0.843 bits per heavy atom. The van der Waals surface area contributed by atoms with Gasteiger partial charge in [0.1, 0.15) is 17.9 Å². The number of anilines is 3. The summed E-state index contributed by atoms with van der Waals surface area (Å²) in [5.74, 6) is -3.60. The predicted molar refractivity (Wildman–Crippen MR) is 382 cm³/mol. The molecule has 8 N–H and O–H groups in total. The van der Waals surface area contributed by atoms with E-state index >= 15 is 0 Å². The van der Waals surface area contributed by atoms with E-state index in [0.29, 0.717) is 89.9 Å². The monoisotopic (exact) mass is 1430 g/mol. The fraction of sp³-hybridized carbons (Fsp3) is 0.479. The summed E-state index contributed by atoms with van der Waals surface area (Å²) >= 11 is 1.35. The van der Waals surface area contributed by atoms with Crippen LogP contribution in [0.15, 0.2) is 91.3 Å². The van der Waals surface area contributed by atoms with Crippen molar-refractivity contribution in [3.63, 3.8) is 0 Å². The van der Waals surface area contributed by atoms with Crippen LogP contribution in [-0.4, -0.2) is 150 Å². The fourth-order valence-electron chi connectivity index (χ4n) is 16.6. The van der Waals surface area contributed by atoms with E-state index in [4.69, 9.17) is 25.3 Å². The molecule has 4 aliphatic carbocycles. The van der Waals surface area contributed by atoms with E-state index in [9.17, 15) is 52.8 Å². The third-order valence-corrected chi connectivity index (χ3v) is 21.3. The van der Waals surface area contributed by atoms with Crippen molar-refractivity contribution >= 4 is 99.8 Å². The number of unbranched alkanes of at least 4 members (excludes halogenated alkanes) is 2. The molecule has 6 aromatic rings. The van der Waals surface area contributed by atoms with Crippen LogP contribution >= 0.6 is 19.3 Å². The van der Waals surface area contributed by atoms with E-state index < -0.39 is 47.6 Å². The van der Waals surface area contributed by atoms with Gasteiger partial charge in [0.2, 0.25) is 17.7 Å². The molecule has 29 heteroatoms. The number of thiazole rings is 1. The number of ether oxygens (including phenoxy) is 2. The molecule has 2 unspecified atom stereocenters. The van der Waals surface area contributed by atoms with E-state index in [1.54, 1.807) is 62.6 Å². The van der Waals surface area contributed by atoms with Gasteiger partial charge in [-0.2, -0.15) is 10.1 Å². The summed E-state index contributed by atoms with van der Waals surface area (Å²) in [7, 11) is -0.291. The van der Waals surface area contributed by atoms with E-state index in [0.717, 1.165) is 64.9 Å². The molecule has 2 aromatic carbocycles. The molecule has 4 saturated carbocycles. The molecule has 538 valence electrons. The van der Waals surface area contributed by atoms with Crippen molar-refractivity contribution in [3.05, 3.63) is 125 Å². The quantitative estimate of drug-likeness (QED) is 0.0121. The molecule has 27 nitrogen and oxygen atoms in total. The first-order valence-corrected chi connectivity index (χ1v) is 36.3. The van der Waals surface area contributed by atoms with Crippen LogP contribution in [0.3, 0.4) is 0 Å². The van der Waals surface area contributed by atoms with Gasteiger partial charge in [-0.1, -0.05) is 43.7 Å². The molecule has 6 heterocycles. The number of carboxylic acid groups (broad SMARTS) is 1. The SMILES string of the molecule is Cc1c(-c2ccc(N3CCc4cccc(C(=O)Nc5nc6ncccc6s5)c4C3)nc2C(=O)O)cnn1CC12CC3(C)CC(C)(C1)CC(OCCN(CCC#P=O)C(=O)OCc1ccc(NC(=O)[C@H](CCCNC(N)=O)NC(=O)[C@@H](NC(=O)CCCCCN4C(=O)C=CC4=O)C(C)C)cc1)(C3)C2. The second-order valence-corrected chi connectivity index (χ2v) is 30.3. The Labute approximate surface area is 596 Å². The Hall–Kier alpha value is -9.62. The topological polar surface area (TPSA) is 362 Å². The van der Waals surface area contributed by atoms with E-state index in [1.165, 1.54) is 28.4 Å². The Kier molecular flexibility index (Phi) is 22.9. The van der Waals surface area contributed by atoms with Gasteiger partial charge in [-0.3, -0.25) is 39.0 Å². The molecule has 102 heavy (non-hydrogen) atoms. The number of nitrogens with two attached hydrogens (primary N) is 1. The van der Waals surface area contributed by atoms with Crippen LogP contribution in [0.2, 0.25) is 0 Å². The Morgan fingerprint density at radius 2 is 1.61 bits per heavy atom. The van der Waals surface area contributed by atoms with Crippen molar-refractivity contribution < 1.29 is 62.3 Å². The Morgan fingerprint density at radius 3 is 2.32 bits per heavy atom. The first-order valence-electron chi connectivity index (χ1n) is 34.6. The van der Waals surface area contributed by atoms with Crippen molar-refractivity contribution in [2.24, 2.45) is 27.9 Å².